The monoisotopic (exact) mass is 384 g/mol. The number of methoxy groups -OCH3 is 1. The molecule has 2 aromatic rings. The van der Waals surface area contributed by atoms with Crippen molar-refractivity contribution in [1.29, 1.82) is 0 Å². The molecule has 1 aromatic heterocycles. The third kappa shape index (κ3) is 4.51. The summed E-state index contributed by atoms with van der Waals surface area (Å²) in [5.41, 5.74) is 4.12. The first kappa shape index (κ1) is 19.4. The number of benzene rings is 1. The summed E-state index contributed by atoms with van der Waals surface area (Å²) in [4.78, 5) is 16.2. The molecular formula is C22H25ClN2O2. The van der Waals surface area contributed by atoms with Crippen LogP contribution in [0.3, 0.4) is 0 Å². The summed E-state index contributed by atoms with van der Waals surface area (Å²) in [6.45, 7) is 6.58. The zero-order valence-corrected chi connectivity index (χ0v) is 16.9. The van der Waals surface area contributed by atoms with E-state index in [1.807, 2.05) is 6.07 Å². The molecule has 1 aromatic carbocycles. The lowest BCUT2D eigenvalue weighted by Gasteiger charge is -2.20. The van der Waals surface area contributed by atoms with Gasteiger partial charge in [0.1, 0.15) is 5.02 Å². The fraction of sp³-hybridized carbons (Fsp3) is 0.364. The Kier molecular flexibility index (Phi) is 5.56. The Labute approximate surface area is 165 Å². The number of hydrogen-bond donors (Lipinski definition) is 1. The van der Waals surface area contributed by atoms with E-state index in [1.54, 1.807) is 13.2 Å². The molecule has 0 unspecified atom stereocenters. The number of hydrogen-bond acceptors (Lipinski definition) is 3. The Morgan fingerprint density at radius 1 is 1.22 bits per heavy atom. The predicted octanol–water partition coefficient (Wildman–Crippen LogP) is 4.75. The molecule has 1 saturated heterocycles. The third-order valence-corrected chi connectivity index (χ3v) is 5.03. The highest BCUT2D eigenvalue weighted by atomic mass is 35.5. The van der Waals surface area contributed by atoms with Crippen molar-refractivity contribution >= 4 is 23.1 Å². The zero-order valence-electron chi connectivity index (χ0n) is 16.2. The maximum atomic E-state index is 11.6. The highest BCUT2D eigenvalue weighted by molar-refractivity contribution is 6.31. The SMILES string of the molecule is COc1nc(C(=C[C@H]2CCC(=O)N2)c2ccc(C(C)(C)C)cc2)ccc1Cl. The van der Waals surface area contributed by atoms with Gasteiger partial charge in [-0.15, -0.1) is 0 Å². The van der Waals surface area contributed by atoms with Gasteiger partial charge in [0.2, 0.25) is 11.8 Å². The molecule has 1 aliphatic rings. The van der Waals surface area contributed by atoms with Crippen LogP contribution in [-0.2, 0) is 10.2 Å². The summed E-state index contributed by atoms with van der Waals surface area (Å²) >= 11 is 6.14. The Morgan fingerprint density at radius 2 is 1.93 bits per heavy atom. The van der Waals surface area contributed by atoms with E-state index in [0.717, 1.165) is 23.3 Å². The van der Waals surface area contributed by atoms with E-state index in [2.05, 4.69) is 61.4 Å². The lowest BCUT2D eigenvalue weighted by molar-refractivity contribution is -0.119. The van der Waals surface area contributed by atoms with Gasteiger partial charge in [0.25, 0.3) is 0 Å². The van der Waals surface area contributed by atoms with Gasteiger partial charge in [0.15, 0.2) is 0 Å². The van der Waals surface area contributed by atoms with Gasteiger partial charge in [-0.3, -0.25) is 4.79 Å². The van der Waals surface area contributed by atoms with Crippen LogP contribution in [0, 0.1) is 0 Å². The van der Waals surface area contributed by atoms with Crippen molar-refractivity contribution in [2.45, 2.75) is 45.1 Å². The van der Waals surface area contributed by atoms with Gasteiger partial charge in [0, 0.05) is 18.0 Å². The van der Waals surface area contributed by atoms with Gasteiger partial charge in [-0.25, -0.2) is 4.98 Å². The molecule has 4 nitrogen and oxygen atoms in total. The first-order valence-electron chi connectivity index (χ1n) is 9.11. The molecule has 0 saturated carbocycles. The van der Waals surface area contributed by atoms with Crippen LogP contribution >= 0.6 is 11.6 Å². The molecule has 5 heteroatoms. The van der Waals surface area contributed by atoms with Crippen LogP contribution in [0.5, 0.6) is 5.88 Å². The lowest BCUT2D eigenvalue weighted by atomic mass is 9.86. The first-order chi connectivity index (χ1) is 12.8. The molecular weight excluding hydrogens is 360 g/mol. The number of carbonyl (C=O) groups excluding carboxylic acids is 1. The summed E-state index contributed by atoms with van der Waals surface area (Å²) in [5, 5.41) is 3.47. The van der Waals surface area contributed by atoms with E-state index >= 15 is 0 Å². The van der Waals surface area contributed by atoms with Crippen LogP contribution in [0.15, 0.2) is 42.5 Å². The standard InChI is InChI=1S/C22H25ClN2O2/c1-22(2,3)15-7-5-14(6-8-15)17(13-16-9-12-20(26)24-16)19-11-10-18(23)21(25-19)27-4/h5-8,10-11,13,16H,9,12H2,1-4H3,(H,24,26)/t16-/m1/s1. The molecule has 0 spiro atoms. The average molecular weight is 385 g/mol. The predicted molar refractivity (Wildman–Crippen MR) is 109 cm³/mol. The van der Waals surface area contributed by atoms with E-state index in [0.29, 0.717) is 17.3 Å². The molecule has 1 fully saturated rings. The minimum absolute atomic E-state index is 0.00161. The molecule has 27 heavy (non-hydrogen) atoms. The molecule has 1 N–H and O–H groups in total. The molecule has 1 amide bonds. The fourth-order valence-corrected chi connectivity index (χ4v) is 3.34. The number of amides is 1. The summed E-state index contributed by atoms with van der Waals surface area (Å²) in [6, 6.07) is 12.2. The van der Waals surface area contributed by atoms with Crippen molar-refractivity contribution in [2.24, 2.45) is 0 Å². The summed E-state index contributed by atoms with van der Waals surface area (Å²) in [7, 11) is 1.55. The maximum Gasteiger partial charge on any atom is 0.232 e. The van der Waals surface area contributed by atoms with Gasteiger partial charge in [-0.05, 0) is 35.1 Å². The molecule has 3 rings (SSSR count). The normalized spacial score (nSPS) is 17.7. The van der Waals surface area contributed by atoms with E-state index in [-0.39, 0.29) is 17.4 Å². The number of aromatic nitrogens is 1. The van der Waals surface area contributed by atoms with Crippen LogP contribution in [0.2, 0.25) is 5.02 Å². The minimum Gasteiger partial charge on any atom is -0.480 e. The second kappa shape index (κ2) is 7.73. The molecule has 142 valence electrons. The number of pyridine rings is 1. The van der Waals surface area contributed by atoms with Crippen molar-refractivity contribution in [3.05, 3.63) is 64.3 Å². The Balaban J connectivity index is 2.05. The van der Waals surface area contributed by atoms with Crippen LogP contribution in [-0.4, -0.2) is 24.0 Å². The molecule has 0 radical (unpaired) electrons. The van der Waals surface area contributed by atoms with Crippen LogP contribution in [0.1, 0.15) is 50.4 Å². The molecule has 0 bridgehead atoms. The second-order valence-electron chi connectivity index (χ2n) is 7.81. The zero-order chi connectivity index (χ0) is 19.6. The number of rotatable bonds is 4. The van der Waals surface area contributed by atoms with E-state index in [9.17, 15) is 4.79 Å². The van der Waals surface area contributed by atoms with E-state index < -0.39 is 0 Å². The van der Waals surface area contributed by atoms with Gasteiger partial charge in [-0.1, -0.05) is 62.7 Å². The topological polar surface area (TPSA) is 51.2 Å². The van der Waals surface area contributed by atoms with Crippen molar-refractivity contribution in [2.75, 3.05) is 7.11 Å². The van der Waals surface area contributed by atoms with E-state index in [4.69, 9.17) is 16.3 Å². The van der Waals surface area contributed by atoms with Gasteiger partial charge in [0.05, 0.1) is 12.8 Å². The fourth-order valence-electron chi connectivity index (χ4n) is 3.16. The van der Waals surface area contributed by atoms with Crippen molar-refractivity contribution < 1.29 is 9.53 Å². The molecule has 1 aliphatic heterocycles. The highest BCUT2D eigenvalue weighted by Gasteiger charge is 2.21. The quantitative estimate of drug-likeness (QED) is 0.827. The summed E-state index contributed by atoms with van der Waals surface area (Å²) in [5.74, 6) is 0.474. The number of ether oxygens (including phenoxy) is 1. The number of halogens is 1. The number of carbonyl (C=O) groups is 1. The van der Waals surface area contributed by atoms with E-state index in [1.165, 1.54) is 5.56 Å². The first-order valence-corrected chi connectivity index (χ1v) is 9.49. The third-order valence-electron chi connectivity index (χ3n) is 4.74. The average Bonchev–Trinajstić information content (AvgIpc) is 3.05. The van der Waals surface area contributed by atoms with Gasteiger partial charge < -0.3 is 10.1 Å². The summed E-state index contributed by atoms with van der Waals surface area (Å²) in [6.07, 6.45) is 3.41. The maximum absolute atomic E-state index is 11.6. The van der Waals surface area contributed by atoms with Crippen LogP contribution in [0.4, 0.5) is 0 Å². The smallest absolute Gasteiger partial charge is 0.232 e. The van der Waals surface area contributed by atoms with Gasteiger partial charge >= 0.3 is 0 Å². The largest absolute Gasteiger partial charge is 0.480 e. The molecule has 2 heterocycles. The highest BCUT2D eigenvalue weighted by Crippen LogP contribution is 2.31. The Bertz CT molecular complexity index is 867. The summed E-state index contributed by atoms with van der Waals surface area (Å²) < 4.78 is 5.28. The Morgan fingerprint density at radius 3 is 2.48 bits per heavy atom. The van der Waals surface area contributed by atoms with Crippen molar-refractivity contribution in [3.8, 4) is 5.88 Å². The van der Waals surface area contributed by atoms with Crippen molar-refractivity contribution in [3.63, 3.8) is 0 Å². The second-order valence-corrected chi connectivity index (χ2v) is 8.22. The molecule has 0 aliphatic carbocycles. The molecule has 1 atom stereocenters. The van der Waals surface area contributed by atoms with Gasteiger partial charge in [-0.2, -0.15) is 0 Å². The lowest BCUT2D eigenvalue weighted by Crippen LogP contribution is -2.23. The Hall–Kier alpha value is -2.33. The minimum atomic E-state index is -0.00161. The van der Waals surface area contributed by atoms with Crippen molar-refractivity contribution in [1.82, 2.24) is 10.3 Å². The van der Waals surface area contributed by atoms with Crippen LogP contribution in [0.25, 0.3) is 5.57 Å². The van der Waals surface area contributed by atoms with Crippen LogP contribution < -0.4 is 10.1 Å². The number of nitrogens with one attached hydrogen (secondary N) is 1. The number of nitrogens with zero attached hydrogens (tertiary/aromatic N) is 1.